The summed E-state index contributed by atoms with van der Waals surface area (Å²) in [7, 11) is 0. The van der Waals surface area contributed by atoms with Crippen molar-refractivity contribution in [2.45, 2.75) is 25.3 Å². The third-order valence-corrected chi connectivity index (χ3v) is 5.90. The van der Waals surface area contributed by atoms with E-state index in [1.54, 1.807) is 4.68 Å². The van der Waals surface area contributed by atoms with E-state index in [1.807, 2.05) is 42.5 Å². The number of benzene rings is 2. The molecule has 8 heteroatoms. The topological polar surface area (TPSA) is 78.3 Å². The number of anilines is 1. The molecule has 0 bridgehead atoms. The Morgan fingerprint density at radius 1 is 1.10 bits per heavy atom. The lowest BCUT2D eigenvalue weighted by molar-refractivity contribution is -0.116. The van der Waals surface area contributed by atoms with Gasteiger partial charge in [-0.25, -0.2) is 4.68 Å². The number of Topliss-reactive ketones (excluding diaryl/α,β-unsaturated/α-hetero) is 1. The van der Waals surface area contributed by atoms with Gasteiger partial charge in [-0.2, -0.15) is 4.98 Å². The maximum Gasteiger partial charge on any atom is 0.231 e. The van der Waals surface area contributed by atoms with Crippen LogP contribution in [-0.4, -0.2) is 27.3 Å². The average Bonchev–Trinajstić information content (AvgIpc) is 3.38. The maximum absolute atomic E-state index is 12.9. The van der Waals surface area contributed by atoms with Gasteiger partial charge < -0.3 is 14.8 Å². The predicted octanol–water partition coefficient (Wildman–Crippen LogP) is 4.35. The van der Waals surface area contributed by atoms with Crippen molar-refractivity contribution in [3.05, 3.63) is 64.3 Å². The van der Waals surface area contributed by atoms with Crippen LogP contribution in [0.5, 0.6) is 11.5 Å². The Labute approximate surface area is 177 Å². The first-order valence-corrected chi connectivity index (χ1v) is 10.2. The molecule has 6 rings (SSSR count). The lowest BCUT2D eigenvalue weighted by atomic mass is 9.85. The van der Waals surface area contributed by atoms with E-state index >= 15 is 0 Å². The molecule has 0 saturated heterocycles. The largest absolute Gasteiger partial charge is 0.454 e. The third kappa shape index (κ3) is 2.69. The molecule has 7 nitrogen and oxygen atoms in total. The highest BCUT2D eigenvalue weighted by molar-refractivity contribution is 6.30. The fourth-order valence-corrected chi connectivity index (χ4v) is 4.49. The summed E-state index contributed by atoms with van der Waals surface area (Å²) in [6, 6.07) is 12.8. The molecular formula is C22H17ClN4O3. The van der Waals surface area contributed by atoms with Crippen molar-refractivity contribution in [1.29, 1.82) is 0 Å². The number of carbonyl (C=O) groups is 1. The van der Waals surface area contributed by atoms with Crippen LogP contribution >= 0.6 is 11.6 Å². The normalized spacial score (nSPS) is 19.4. The first-order chi connectivity index (χ1) is 14.7. The molecule has 30 heavy (non-hydrogen) atoms. The van der Waals surface area contributed by atoms with Gasteiger partial charge in [0.2, 0.25) is 12.7 Å². The van der Waals surface area contributed by atoms with E-state index in [-0.39, 0.29) is 18.6 Å². The first kappa shape index (κ1) is 17.5. The van der Waals surface area contributed by atoms with Gasteiger partial charge in [-0.3, -0.25) is 4.79 Å². The van der Waals surface area contributed by atoms with Gasteiger partial charge in [0.1, 0.15) is 6.04 Å². The summed E-state index contributed by atoms with van der Waals surface area (Å²) >= 11 is 6.16. The van der Waals surface area contributed by atoms with Gasteiger partial charge in [0.05, 0.1) is 0 Å². The highest BCUT2D eigenvalue weighted by Gasteiger charge is 2.37. The Morgan fingerprint density at radius 2 is 2.00 bits per heavy atom. The van der Waals surface area contributed by atoms with Crippen molar-refractivity contribution in [2.24, 2.45) is 0 Å². The highest BCUT2D eigenvalue weighted by Crippen LogP contribution is 2.43. The number of aromatic nitrogens is 3. The number of rotatable bonds is 2. The summed E-state index contributed by atoms with van der Waals surface area (Å²) in [6.07, 6.45) is 2.17. The van der Waals surface area contributed by atoms with Crippen molar-refractivity contribution >= 4 is 23.3 Å². The molecule has 0 saturated carbocycles. The zero-order chi connectivity index (χ0) is 20.2. The number of ether oxygens (including phenoxy) is 2. The Bertz CT molecular complexity index is 1230. The third-order valence-electron chi connectivity index (χ3n) is 5.66. The number of hydrogen-bond donors (Lipinski definition) is 1. The molecule has 1 aliphatic carbocycles. The zero-order valence-electron chi connectivity index (χ0n) is 15.9. The van der Waals surface area contributed by atoms with Gasteiger partial charge in [0.25, 0.3) is 0 Å². The van der Waals surface area contributed by atoms with E-state index in [4.69, 9.17) is 31.2 Å². The Balaban J connectivity index is 1.52. The van der Waals surface area contributed by atoms with Crippen molar-refractivity contribution in [1.82, 2.24) is 14.8 Å². The van der Waals surface area contributed by atoms with Gasteiger partial charge in [-0.05, 0) is 42.7 Å². The van der Waals surface area contributed by atoms with Gasteiger partial charge in [-0.1, -0.05) is 29.8 Å². The second-order valence-corrected chi connectivity index (χ2v) is 7.96. The van der Waals surface area contributed by atoms with Crippen LogP contribution in [-0.2, 0) is 4.79 Å². The number of nitrogens with zero attached hydrogens (tertiary/aromatic N) is 3. The Kier molecular flexibility index (Phi) is 3.86. The lowest BCUT2D eigenvalue weighted by Gasteiger charge is -2.32. The quantitative estimate of drug-likeness (QED) is 0.664. The zero-order valence-corrected chi connectivity index (χ0v) is 16.6. The van der Waals surface area contributed by atoms with Crippen LogP contribution in [0.15, 0.2) is 53.7 Å². The van der Waals surface area contributed by atoms with E-state index in [0.717, 1.165) is 35.2 Å². The molecule has 3 aromatic rings. The van der Waals surface area contributed by atoms with Crippen LogP contribution in [0.4, 0.5) is 5.95 Å². The summed E-state index contributed by atoms with van der Waals surface area (Å²) in [6.45, 7) is 0.200. The van der Waals surface area contributed by atoms with E-state index in [2.05, 4.69) is 5.32 Å². The van der Waals surface area contributed by atoms with Crippen LogP contribution in [0.1, 0.15) is 30.9 Å². The molecule has 0 spiro atoms. The summed E-state index contributed by atoms with van der Waals surface area (Å²) in [5, 5.41) is 8.73. The molecule has 1 N–H and O–H groups in total. The van der Waals surface area contributed by atoms with Crippen molar-refractivity contribution in [2.75, 3.05) is 12.1 Å². The minimum Gasteiger partial charge on any atom is -0.454 e. The number of ketones is 1. The van der Waals surface area contributed by atoms with Crippen LogP contribution in [0.3, 0.4) is 0 Å². The number of nitrogens with one attached hydrogen (secondary N) is 1. The van der Waals surface area contributed by atoms with Crippen LogP contribution in [0, 0.1) is 0 Å². The van der Waals surface area contributed by atoms with Gasteiger partial charge in [-0.15, -0.1) is 5.10 Å². The maximum atomic E-state index is 12.9. The molecular weight excluding hydrogens is 404 g/mol. The van der Waals surface area contributed by atoms with Gasteiger partial charge >= 0.3 is 0 Å². The molecule has 0 radical (unpaired) electrons. The summed E-state index contributed by atoms with van der Waals surface area (Å²) in [5.41, 5.74) is 3.40. The number of fused-ring (bicyclic) bond motifs is 2. The van der Waals surface area contributed by atoms with Crippen molar-refractivity contribution < 1.29 is 14.3 Å². The minimum absolute atomic E-state index is 0.136. The molecule has 1 aromatic heterocycles. The fraction of sp³-hybridized carbons (Fsp3) is 0.227. The molecule has 2 aliphatic heterocycles. The molecule has 1 atom stereocenters. The van der Waals surface area contributed by atoms with E-state index in [9.17, 15) is 4.79 Å². The molecule has 3 aliphatic rings. The van der Waals surface area contributed by atoms with Crippen molar-refractivity contribution in [3.63, 3.8) is 0 Å². The monoisotopic (exact) mass is 420 g/mol. The van der Waals surface area contributed by atoms with Crippen LogP contribution in [0.2, 0.25) is 5.02 Å². The van der Waals surface area contributed by atoms with E-state index in [1.165, 1.54) is 0 Å². The molecule has 0 fully saturated rings. The average molecular weight is 421 g/mol. The second kappa shape index (κ2) is 6.60. The minimum atomic E-state index is -0.376. The predicted molar refractivity (Wildman–Crippen MR) is 111 cm³/mol. The van der Waals surface area contributed by atoms with Crippen molar-refractivity contribution in [3.8, 4) is 22.9 Å². The van der Waals surface area contributed by atoms with Crippen LogP contribution in [0.25, 0.3) is 11.4 Å². The standard InChI is InChI=1S/C22H17ClN4O3/c23-14-4-1-3-13(9-14)21-25-22-24-15-5-2-6-16(28)19(15)20(27(22)26-21)12-7-8-17-18(10-12)30-11-29-17/h1,3-4,7-10,20H,2,5-6,11H2,(H,24,25,26). The van der Waals surface area contributed by atoms with Gasteiger partial charge in [0.15, 0.2) is 23.1 Å². The molecule has 2 aromatic carbocycles. The van der Waals surface area contributed by atoms with Crippen LogP contribution < -0.4 is 14.8 Å². The summed E-state index contributed by atoms with van der Waals surface area (Å²) < 4.78 is 12.8. The number of carbonyl (C=O) groups excluding carboxylic acids is 1. The molecule has 0 amide bonds. The smallest absolute Gasteiger partial charge is 0.231 e. The first-order valence-electron chi connectivity index (χ1n) is 9.83. The van der Waals surface area contributed by atoms with E-state index < -0.39 is 0 Å². The Hall–Kier alpha value is -3.32. The molecule has 150 valence electrons. The number of hydrogen-bond acceptors (Lipinski definition) is 6. The summed E-state index contributed by atoms with van der Waals surface area (Å²) in [4.78, 5) is 17.7. The molecule has 1 unspecified atom stereocenters. The molecule has 3 heterocycles. The second-order valence-electron chi connectivity index (χ2n) is 7.52. The SMILES string of the molecule is O=C1CCCC2=C1C(c1ccc3c(c1)OCO3)n1nc(-c3cccc(Cl)c3)nc1N2. The summed E-state index contributed by atoms with van der Waals surface area (Å²) in [5.74, 6) is 2.68. The fourth-order valence-electron chi connectivity index (χ4n) is 4.30. The lowest BCUT2D eigenvalue weighted by Crippen LogP contribution is -2.31. The Morgan fingerprint density at radius 3 is 2.90 bits per heavy atom. The van der Waals surface area contributed by atoms with Gasteiger partial charge in [0, 0.05) is 28.3 Å². The number of halogens is 1. The highest BCUT2D eigenvalue weighted by atomic mass is 35.5. The number of allylic oxidation sites excluding steroid dienone is 2. The van der Waals surface area contributed by atoms with E-state index in [0.29, 0.717) is 34.7 Å².